The van der Waals surface area contributed by atoms with Crippen LogP contribution in [0.2, 0.25) is 0 Å². The van der Waals surface area contributed by atoms with Crippen molar-refractivity contribution in [3.05, 3.63) is 30.1 Å². The number of aliphatic carboxylic acids is 1. The maximum Gasteiger partial charge on any atom is 0.320 e. The van der Waals surface area contributed by atoms with Gasteiger partial charge in [0, 0.05) is 11.9 Å². The number of nitrogens with zero attached hydrogens (tertiary/aromatic N) is 1. The minimum atomic E-state index is -0.751. The van der Waals surface area contributed by atoms with Crippen LogP contribution in [-0.4, -0.2) is 28.6 Å². The molecule has 0 saturated carbocycles. The second-order valence-corrected chi connectivity index (χ2v) is 3.93. The molecule has 2 heterocycles. The van der Waals surface area contributed by atoms with Gasteiger partial charge in [0.2, 0.25) is 0 Å². The fraction of sp³-hybridized carbons (Fsp3) is 0.455. The molecule has 6 heteroatoms. The number of carbonyl (C=O) groups is 1. The van der Waals surface area contributed by atoms with Crippen molar-refractivity contribution in [1.29, 1.82) is 0 Å². The Bertz CT molecular complexity index is 349. The highest BCUT2D eigenvalue weighted by Gasteiger charge is 2.29. The van der Waals surface area contributed by atoms with Gasteiger partial charge in [-0.05, 0) is 37.4 Å². The molecule has 0 unspecified atom stereocenters. The molecule has 17 heavy (non-hydrogen) atoms. The number of carboxylic acids is 1. The summed E-state index contributed by atoms with van der Waals surface area (Å²) in [6, 6.07) is 5.45. The topological polar surface area (TPSA) is 62.2 Å². The summed E-state index contributed by atoms with van der Waals surface area (Å²) < 4.78 is 0. The number of rotatable bonds is 3. The van der Waals surface area contributed by atoms with Crippen molar-refractivity contribution >= 4 is 5.97 Å². The number of aromatic nitrogens is 1. The fourth-order valence-corrected chi connectivity index (χ4v) is 1.97. The van der Waals surface area contributed by atoms with Gasteiger partial charge in [-0.3, -0.25) is 19.2 Å². The highest BCUT2D eigenvalue weighted by Crippen LogP contribution is 2.18. The monoisotopic (exact) mass is 246 g/mol. The molecular formula is C11H16F2N2O2. The first-order valence-electron chi connectivity index (χ1n) is 5.12. The minimum absolute atomic E-state index is 0. The summed E-state index contributed by atoms with van der Waals surface area (Å²) in [6.45, 7) is 0.771. The van der Waals surface area contributed by atoms with Crippen LogP contribution in [-0.2, 0) is 11.2 Å². The quantitative estimate of drug-likeness (QED) is 0.835. The number of pyridine rings is 1. The number of hydrogen-bond acceptors (Lipinski definition) is 3. The second-order valence-electron chi connectivity index (χ2n) is 3.93. The SMILES string of the molecule is F.F.O=C(O)[C@@H]1C[C@@H](Cc2ccccn2)CN1. The normalized spacial score (nSPS) is 22.4. The smallest absolute Gasteiger partial charge is 0.320 e. The molecule has 0 aliphatic carbocycles. The van der Waals surface area contributed by atoms with Crippen molar-refractivity contribution in [1.82, 2.24) is 10.3 Å². The Kier molecular flexibility index (Phi) is 6.27. The maximum atomic E-state index is 10.7. The van der Waals surface area contributed by atoms with Gasteiger partial charge >= 0.3 is 5.97 Å². The van der Waals surface area contributed by atoms with Gasteiger partial charge in [0.05, 0.1) is 0 Å². The zero-order valence-electron chi connectivity index (χ0n) is 9.20. The largest absolute Gasteiger partial charge is 0.480 e. The number of carboxylic acid groups (broad SMARTS) is 1. The third-order valence-corrected chi connectivity index (χ3v) is 2.74. The molecule has 1 aliphatic heterocycles. The van der Waals surface area contributed by atoms with Crippen LogP contribution in [0.3, 0.4) is 0 Å². The molecule has 0 radical (unpaired) electrons. The first-order valence-corrected chi connectivity index (χ1v) is 5.12. The van der Waals surface area contributed by atoms with E-state index in [2.05, 4.69) is 10.3 Å². The molecule has 2 N–H and O–H groups in total. The van der Waals surface area contributed by atoms with Gasteiger partial charge < -0.3 is 10.4 Å². The van der Waals surface area contributed by atoms with Crippen LogP contribution >= 0.6 is 0 Å². The van der Waals surface area contributed by atoms with E-state index in [9.17, 15) is 4.79 Å². The van der Waals surface area contributed by atoms with Crippen LogP contribution in [0.1, 0.15) is 12.1 Å². The lowest BCUT2D eigenvalue weighted by Gasteiger charge is -2.06. The van der Waals surface area contributed by atoms with E-state index in [0.29, 0.717) is 12.3 Å². The van der Waals surface area contributed by atoms with E-state index in [1.807, 2.05) is 18.2 Å². The predicted octanol–water partition coefficient (Wildman–Crippen LogP) is 0.992. The lowest BCUT2D eigenvalue weighted by Crippen LogP contribution is -2.29. The molecule has 0 bridgehead atoms. The zero-order valence-corrected chi connectivity index (χ0v) is 9.20. The molecule has 2 rings (SSSR count). The van der Waals surface area contributed by atoms with Crippen LogP contribution in [0.15, 0.2) is 24.4 Å². The minimum Gasteiger partial charge on any atom is -0.480 e. The Balaban J connectivity index is 0.00000128. The lowest BCUT2D eigenvalue weighted by atomic mass is 9.99. The van der Waals surface area contributed by atoms with Crippen molar-refractivity contribution in [2.24, 2.45) is 5.92 Å². The molecule has 96 valence electrons. The average molecular weight is 246 g/mol. The van der Waals surface area contributed by atoms with E-state index in [1.165, 1.54) is 0 Å². The van der Waals surface area contributed by atoms with Crippen LogP contribution in [0, 0.1) is 5.92 Å². The molecule has 1 aromatic rings. The third-order valence-electron chi connectivity index (χ3n) is 2.74. The molecule has 0 amide bonds. The first-order chi connectivity index (χ1) is 7.25. The van der Waals surface area contributed by atoms with Crippen molar-refractivity contribution in [2.45, 2.75) is 18.9 Å². The van der Waals surface area contributed by atoms with Gasteiger partial charge in [-0.15, -0.1) is 0 Å². The van der Waals surface area contributed by atoms with E-state index >= 15 is 0 Å². The average Bonchev–Trinajstić information content (AvgIpc) is 2.68. The summed E-state index contributed by atoms with van der Waals surface area (Å²) in [5.41, 5.74) is 1.04. The molecule has 1 aromatic heterocycles. The van der Waals surface area contributed by atoms with E-state index in [-0.39, 0.29) is 15.5 Å². The van der Waals surface area contributed by atoms with E-state index < -0.39 is 5.97 Å². The summed E-state index contributed by atoms with van der Waals surface area (Å²) >= 11 is 0. The van der Waals surface area contributed by atoms with Crippen LogP contribution in [0.25, 0.3) is 0 Å². The fourth-order valence-electron chi connectivity index (χ4n) is 1.97. The Morgan fingerprint density at radius 3 is 2.76 bits per heavy atom. The third kappa shape index (κ3) is 4.07. The standard InChI is InChI=1S/C11H14N2O2.2FH/c14-11(15)10-6-8(7-13-10)5-9-3-1-2-4-12-9;;/h1-4,8,10,13H,5-7H2,(H,14,15);2*1H/t8-,10+;;/m1../s1. The van der Waals surface area contributed by atoms with Crippen LogP contribution in [0.4, 0.5) is 9.41 Å². The van der Waals surface area contributed by atoms with Crippen molar-refractivity contribution in [3.8, 4) is 0 Å². The Hall–Kier alpha value is -1.56. The van der Waals surface area contributed by atoms with Gasteiger partial charge in [0.25, 0.3) is 0 Å². The molecule has 0 spiro atoms. The summed E-state index contributed by atoms with van der Waals surface area (Å²) in [5.74, 6) is -0.362. The second kappa shape index (κ2) is 6.90. The van der Waals surface area contributed by atoms with E-state index in [1.54, 1.807) is 6.20 Å². The molecule has 1 fully saturated rings. The molecule has 1 saturated heterocycles. The van der Waals surface area contributed by atoms with Gasteiger partial charge in [-0.25, -0.2) is 0 Å². The number of halogens is 2. The highest BCUT2D eigenvalue weighted by atomic mass is 19.0. The zero-order chi connectivity index (χ0) is 10.7. The summed E-state index contributed by atoms with van der Waals surface area (Å²) in [5, 5.41) is 11.8. The van der Waals surface area contributed by atoms with E-state index in [4.69, 9.17) is 5.11 Å². The highest BCUT2D eigenvalue weighted by molar-refractivity contribution is 5.73. The lowest BCUT2D eigenvalue weighted by molar-refractivity contribution is -0.139. The molecule has 4 nitrogen and oxygen atoms in total. The number of hydrogen-bond donors (Lipinski definition) is 2. The van der Waals surface area contributed by atoms with Gasteiger partial charge in [-0.1, -0.05) is 6.07 Å². The van der Waals surface area contributed by atoms with Gasteiger partial charge in [0.1, 0.15) is 6.04 Å². The maximum absolute atomic E-state index is 10.7. The van der Waals surface area contributed by atoms with Crippen molar-refractivity contribution in [2.75, 3.05) is 6.54 Å². The Labute approximate surface area is 97.8 Å². The van der Waals surface area contributed by atoms with Crippen LogP contribution in [0.5, 0.6) is 0 Å². The molecular weight excluding hydrogens is 230 g/mol. The summed E-state index contributed by atoms with van der Waals surface area (Å²) in [6.07, 6.45) is 3.33. The van der Waals surface area contributed by atoms with Gasteiger partial charge in [0.15, 0.2) is 0 Å². The number of nitrogens with one attached hydrogen (secondary N) is 1. The summed E-state index contributed by atoms with van der Waals surface area (Å²) in [4.78, 5) is 15.0. The first kappa shape index (κ1) is 15.4. The Morgan fingerprint density at radius 2 is 2.24 bits per heavy atom. The van der Waals surface area contributed by atoms with Gasteiger partial charge in [-0.2, -0.15) is 0 Å². The Morgan fingerprint density at radius 1 is 1.47 bits per heavy atom. The van der Waals surface area contributed by atoms with Crippen molar-refractivity contribution < 1.29 is 19.3 Å². The molecule has 0 aromatic carbocycles. The van der Waals surface area contributed by atoms with E-state index in [0.717, 1.165) is 18.7 Å². The summed E-state index contributed by atoms with van der Waals surface area (Å²) in [7, 11) is 0. The van der Waals surface area contributed by atoms with Crippen LogP contribution < -0.4 is 5.32 Å². The molecule has 2 atom stereocenters. The predicted molar refractivity (Wildman–Crippen MR) is 60.5 cm³/mol. The molecule has 1 aliphatic rings. The van der Waals surface area contributed by atoms with Crippen molar-refractivity contribution in [3.63, 3.8) is 0 Å².